The van der Waals surface area contributed by atoms with Crippen molar-refractivity contribution in [1.29, 1.82) is 0 Å². The zero-order valence-corrected chi connectivity index (χ0v) is 18.5. The zero-order chi connectivity index (χ0) is 20.2. The molecule has 0 saturated heterocycles. The molecule has 0 unspecified atom stereocenters. The Morgan fingerprint density at radius 3 is 1.71 bits per heavy atom. The van der Waals surface area contributed by atoms with Crippen molar-refractivity contribution >= 4 is 15.5 Å². The van der Waals surface area contributed by atoms with Crippen LogP contribution >= 0.6 is 0 Å². The van der Waals surface area contributed by atoms with Crippen LogP contribution in [0.25, 0.3) is 0 Å². The van der Waals surface area contributed by atoms with Gasteiger partial charge < -0.3 is 4.43 Å². The van der Waals surface area contributed by atoms with Crippen molar-refractivity contribution in [3.8, 4) is 0 Å². The minimum atomic E-state index is -0.903. The Bertz CT molecular complexity index is 888. The number of carbonyl (C=O) groups is 1. The number of Topliss-reactive ketones (excluding diaryl/α,β-unsaturated/α-hetero) is 1. The first kappa shape index (κ1) is 20.2. The highest BCUT2D eigenvalue weighted by molar-refractivity contribution is 6.32. The van der Waals surface area contributed by atoms with Gasteiger partial charge >= 0.3 is 0 Å². The molecule has 0 saturated carbocycles. The van der Waals surface area contributed by atoms with Gasteiger partial charge in [-0.25, -0.2) is 0 Å². The summed E-state index contributed by atoms with van der Waals surface area (Å²) in [6, 6.07) is 28.6. The summed E-state index contributed by atoms with van der Waals surface area (Å²) in [5.74, 6) is 0.0601. The van der Waals surface area contributed by atoms with Crippen LogP contribution in [0.1, 0.15) is 54.7 Å². The molecular weight excluding hydrogens is 360 g/mol. The summed E-state index contributed by atoms with van der Waals surface area (Å²) in [7, 11) is -0.903. The molecule has 3 rings (SSSR count). The highest BCUT2D eigenvalue weighted by Gasteiger charge is 2.38. The smallest absolute Gasteiger partial charge is 0.169 e. The largest absolute Gasteiger partial charge is 0.406 e. The van der Waals surface area contributed by atoms with E-state index in [0.29, 0.717) is 5.56 Å². The van der Waals surface area contributed by atoms with Crippen molar-refractivity contribution in [2.75, 3.05) is 0 Å². The SMILES string of the molecule is CC(=O)c1cccc(C(O[SiH2]C(C)(C)C)(c2ccccc2)c2ccccc2)c1. The van der Waals surface area contributed by atoms with Gasteiger partial charge in [0, 0.05) is 5.56 Å². The number of ketones is 1. The van der Waals surface area contributed by atoms with Gasteiger partial charge in [0.15, 0.2) is 15.5 Å². The van der Waals surface area contributed by atoms with E-state index in [1.165, 1.54) is 0 Å². The Hall–Kier alpha value is -2.49. The maximum absolute atomic E-state index is 12.1. The summed E-state index contributed by atoms with van der Waals surface area (Å²) in [6.07, 6.45) is 0. The van der Waals surface area contributed by atoms with E-state index in [2.05, 4.69) is 51.1 Å². The molecule has 2 nitrogen and oxygen atoms in total. The van der Waals surface area contributed by atoms with E-state index in [1.54, 1.807) is 6.92 Å². The zero-order valence-electron chi connectivity index (χ0n) is 17.1. The van der Waals surface area contributed by atoms with Crippen molar-refractivity contribution in [2.24, 2.45) is 0 Å². The molecule has 0 heterocycles. The monoisotopic (exact) mass is 388 g/mol. The molecule has 0 aliphatic carbocycles. The van der Waals surface area contributed by atoms with E-state index in [1.807, 2.05) is 54.6 Å². The van der Waals surface area contributed by atoms with Crippen molar-refractivity contribution in [3.63, 3.8) is 0 Å². The highest BCUT2D eigenvalue weighted by Crippen LogP contribution is 2.42. The molecule has 0 spiro atoms. The van der Waals surface area contributed by atoms with Gasteiger partial charge in [0.25, 0.3) is 0 Å². The summed E-state index contributed by atoms with van der Waals surface area (Å²) in [6.45, 7) is 8.29. The van der Waals surface area contributed by atoms with Crippen LogP contribution in [-0.2, 0) is 10.0 Å². The predicted octanol–water partition coefficient (Wildman–Crippen LogP) is 5.50. The second-order valence-electron chi connectivity index (χ2n) is 8.40. The standard InChI is InChI=1S/C25H28O2Si/c1-19(26)20-12-11-17-23(18-20)25(27-28-24(2,3)4,21-13-7-5-8-14-21)22-15-9-6-10-16-22/h5-18H,28H2,1-4H3. The lowest BCUT2D eigenvalue weighted by Gasteiger charge is -2.38. The first-order valence-corrected chi connectivity index (χ1v) is 11.0. The predicted molar refractivity (Wildman–Crippen MR) is 119 cm³/mol. The fourth-order valence-electron chi connectivity index (χ4n) is 3.38. The number of hydrogen-bond acceptors (Lipinski definition) is 2. The lowest BCUT2D eigenvalue weighted by atomic mass is 9.80. The normalized spacial score (nSPS) is 12.4. The molecule has 0 bridgehead atoms. The summed E-state index contributed by atoms with van der Waals surface area (Å²) < 4.78 is 6.91. The van der Waals surface area contributed by atoms with Gasteiger partial charge in [-0.05, 0) is 34.7 Å². The lowest BCUT2D eigenvalue weighted by molar-refractivity contribution is 0.101. The van der Waals surface area contributed by atoms with Crippen LogP contribution in [0.5, 0.6) is 0 Å². The molecule has 0 aliphatic heterocycles. The first-order valence-electron chi connectivity index (χ1n) is 9.69. The average Bonchev–Trinajstić information content (AvgIpc) is 2.69. The van der Waals surface area contributed by atoms with E-state index in [4.69, 9.17) is 4.43 Å². The summed E-state index contributed by atoms with van der Waals surface area (Å²) >= 11 is 0. The summed E-state index contributed by atoms with van der Waals surface area (Å²) in [5.41, 5.74) is 3.13. The van der Waals surface area contributed by atoms with Crippen LogP contribution in [0.15, 0.2) is 84.9 Å². The molecule has 0 atom stereocenters. The van der Waals surface area contributed by atoms with Crippen LogP contribution in [0.4, 0.5) is 0 Å². The third kappa shape index (κ3) is 4.32. The number of hydrogen-bond donors (Lipinski definition) is 0. The average molecular weight is 389 g/mol. The topological polar surface area (TPSA) is 26.3 Å². The minimum Gasteiger partial charge on any atom is -0.406 e. The van der Waals surface area contributed by atoms with E-state index < -0.39 is 15.4 Å². The molecule has 28 heavy (non-hydrogen) atoms. The van der Waals surface area contributed by atoms with Crippen molar-refractivity contribution < 1.29 is 9.22 Å². The first-order chi connectivity index (χ1) is 13.3. The quantitative estimate of drug-likeness (QED) is 0.317. The van der Waals surface area contributed by atoms with Crippen LogP contribution in [0, 0.1) is 0 Å². The molecule has 3 aromatic rings. The van der Waals surface area contributed by atoms with Gasteiger partial charge in [-0.3, -0.25) is 4.79 Å². The Morgan fingerprint density at radius 1 is 0.750 bits per heavy atom. The molecule has 0 aromatic heterocycles. The van der Waals surface area contributed by atoms with Gasteiger partial charge in [0.05, 0.1) is 0 Å². The lowest BCUT2D eigenvalue weighted by Crippen LogP contribution is -2.36. The third-order valence-corrected chi connectivity index (χ3v) is 6.20. The van der Waals surface area contributed by atoms with Gasteiger partial charge in [0.1, 0.15) is 5.60 Å². The molecule has 3 heteroatoms. The Balaban J connectivity index is 2.30. The molecule has 0 aliphatic rings. The van der Waals surface area contributed by atoms with Gasteiger partial charge in [-0.2, -0.15) is 0 Å². The molecule has 0 fully saturated rings. The maximum Gasteiger partial charge on any atom is 0.169 e. The third-order valence-electron chi connectivity index (χ3n) is 4.76. The van der Waals surface area contributed by atoms with E-state index >= 15 is 0 Å². The minimum absolute atomic E-state index is 0.0601. The Kier molecular flexibility index (Phi) is 5.97. The van der Waals surface area contributed by atoms with Crippen molar-refractivity contribution in [3.05, 3.63) is 107 Å². The molecular formula is C25H28O2Si. The molecule has 144 valence electrons. The number of carbonyl (C=O) groups excluding carboxylic acids is 1. The van der Waals surface area contributed by atoms with Crippen LogP contribution in [-0.4, -0.2) is 15.5 Å². The van der Waals surface area contributed by atoms with Crippen LogP contribution < -0.4 is 0 Å². The van der Waals surface area contributed by atoms with Crippen molar-refractivity contribution in [2.45, 2.75) is 38.3 Å². The van der Waals surface area contributed by atoms with E-state index in [9.17, 15) is 4.79 Å². The maximum atomic E-state index is 12.1. The highest BCUT2D eigenvalue weighted by atomic mass is 28.2. The second-order valence-corrected chi connectivity index (χ2v) is 11.1. The van der Waals surface area contributed by atoms with Crippen molar-refractivity contribution in [1.82, 2.24) is 0 Å². The fraction of sp³-hybridized carbons (Fsp3) is 0.240. The van der Waals surface area contributed by atoms with E-state index in [-0.39, 0.29) is 10.8 Å². The van der Waals surface area contributed by atoms with Gasteiger partial charge in [0.2, 0.25) is 0 Å². The molecule has 0 amide bonds. The summed E-state index contributed by atoms with van der Waals surface area (Å²) in [4.78, 5) is 12.1. The fourth-order valence-corrected chi connectivity index (χ4v) is 4.53. The molecule has 3 aromatic carbocycles. The van der Waals surface area contributed by atoms with Gasteiger partial charge in [-0.1, -0.05) is 99.6 Å². The van der Waals surface area contributed by atoms with E-state index in [0.717, 1.165) is 16.7 Å². The Morgan fingerprint density at radius 2 is 1.25 bits per heavy atom. The second kappa shape index (κ2) is 8.25. The number of rotatable bonds is 6. The Labute approximate surface area is 170 Å². The van der Waals surface area contributed by atoms with Crippen LogP contribution in [0.2, 0.25) is 5.04 Å². The number of benzene rings is 3. The molecule has 0 radical (unpaired) electrons. The van der Waals surface area contributed by atoms with Crippen LogP contribution in [0.3, 0.4) is 0 Å². The summed E-state index contributed by atoms with van der Waals surface area (Å²) in [5, 5.41) is 0.132. The van der Waals surface area contributed by atoms with Gasteiger partial charge in [-0.15, -0.1) is 0 Å². The molecule has 0 N–H and O–H groups in total.